The number of anilines is 2. The lowest BCUT2D eigenvalue weighted by Gasteiger charge is -2.32. The van der Waals surface area contributed by atoms with Crippen LogP contribution < -0.4 is 15.1 Å². The van der Waals surface area contributed by atoms with Gasteiger partial charge in [0.25, 0.3) is 0 Å². The lowest BCUT2D eigenvalue weighted by molar-refractivity contribution is 0.122. The molecule has 0 aromatic heterocycles. The Morgan fingerprint density at radius 1 is 1.00 bits per heavy atom. The average molecular weight is 289 g/mol. The maximum absolute atomic E-state index is 5.42. The van der Waals surface area contributed by atoms with Crippen LogP contribution in [0.2, 0.25) is 0 Å². The van der Waals surface area contributed by atoms with E-state index < -0.39 is 0 Å². The second-order valence-electron chi connectivity index (χ2n) is 6.22. The molecule has 116 valence electrons. The van der Waals surface area contributed by atoms with Crippen LogP contribution in [0.1, 0.15) is 13.3 Å². The number of ether oxygens (including phenoxy) is 1. The van der Waals surface area contributed by atoms with Crippen molar-refractivity contribution >= 4 is 11.4 Å². The van der Waals surface area contributed by atoms with Crippen molar-refractivity contribution in [1.82, 2.24) is 5.32 Å². The maximum Gasteiger partial charge on any atom is 0.0642 e. The van der Waals surface area contributed by atoms with Gasteiger partial charge in [0.05, 0.1) is 13.2 Å². The molecule has 4 heteroatoms. The van der Waals surface area contributed by atoms with Crippen LogP contribution in [0.15, 0.2) is 24.3 Å². The quantitative estimate of drug-likeness (QED) is 0.901. The topological polar surface area (TPSA) is 27.7 Å². The first-order valence-electron chi connectivity index (χ1n) is 8.21. The van der Waals surface area contributed by atoms with E-state index in [1.807, 2.05) is 0 Å². The largest absolute Gasteiger partial charge is 0.378 e. The highest BCUT2D eigenvalue weighted by molar-refractivity contribution is 5.56. The number of hydrogen-bond donors (Lipinski definition) is 1. The van der Waals surface area contributed by atoms with Crippen LogP contribution in [0.5, 0.6) is 0 Å². The summed E-state index contributed by atoms with van der Waals surface area (Å²) in [5, 5.41) is 3.52. The van der Waals surface area contributed by atoms with Crippen molar-refractivity contribution in [3.63, 3.8) is 0 Å². The fraction of sp³-hybridized carbons (Fsp3) is 0.647. The van der Waals surface area contributed by atoms with E-state index >= 15 is 0 Å². The highest BCUT2D eigenvalue weighted by Crippen LogP contribution is 2.23. The molecule has 1 N–H and O–H groups in total. The molecular weight excluding hydrogens is 262 g/mol. The summed E-state index contributed by atoms with van der Waals surface area (Å²) in [4.78, 5) is 4.95. The van der Waals surface area contributed by atoms with Crippen molar-refractivity contribution in [2.45, 2.75) is 13.3 Å². The third-order valence-corrected chi connectivity index (χ3v) is 4.40. The molecule has 1 aromatic rings. The minimum Gasteiger partial charge on any atom is -0.378 e. The predicted octanol–water partition coefficient (Wildman–Crippen LogP) is 1.96. The summed E-state index contributed by atoms with van der Waals surface area (Å²) in [6, 6.07) is 9.10. The van der Waals surface area contributed by atoms with E-state index in [1.165, 1.54) is 17.8 Å². The number of nitrogens with zero attached hydrogens (tertiary/aromatic N) is 2. The zero-order valence-electron chi connectivity index (χ0n) is 13.1. The number of benzene rings is 1. The molecule has 1 aromatic carbocycles. The van der Waals surface area contributed by atoms with E-state index in [-0.39, 0.29) is 0 Å². The van der Waals surface area contributed by atoms with Gasteiger partial charge in [0, 0.05) is 37.6 Å². The summed E-state index contributed by atoms with van der Waals surface area (Å²) in [5.74, 6) is 0.698. The molecule has 0 radical (unpaired) electrons. The molecule has 2 aliphatic heterocycles. The molecule has 3 rings (SSSR count). The van der Waals surface area contributed by atoms with Gasteiger partial charge in [0.1, 0.15) is 0 Å². The molecule has 0 saturated carbocycles. The molecular formula is C17H27N3O. The van der Waals surface area contributed by atoms with Gasteiger partial charge in [-0.2, -0.15) is 0 Å². The van der Waals surface area contributed by atoms with Crippen LogP contribution in [0.4, 0.5) is 11.4 Å². The fourth-order valence-electron chi connectivity index (χ4n) is 3.21. The van der Waals surface area contributed by atoms with E-state index in [4.69, 9.17) is 4.74 Å². The maximum atomic E-state index is 5.42. The number of hydrogen-bond acceptors (Lipinski definition) is 4. The molecule has 1 unspecified atom stereocenters. The van der Waals surface area contributed by atoms with Gasteiger partial charge < -0.3 is 19.9 Å². The third kappa shape index (κ3) is 3.89. The molecule has 0 aliphatic carbocycles. The fourth-order valence-corrected chi connectivity index (χ4v) is 3.21. The Labute approximate surface area is 128 Å². The smallest absolute Gasteiger partial charge is 0.0642 e. The van der Waals surface area contributed by atoms with Crippen LogP contribution >= 0.6 is 0 Å². The normalized spacial score (nSPS) is 24.5. The summed E-state index contributed by atoms with van der Waals surface area (Å²) < 4.78 is 5.42. The van der Waals surface area contributed by atoms with Crippen molar-refractivity contribution in [3.8, 4) is 0 Å². The third-order valence-electron chi connectivity index (χ3n) is 4.40. The predicted molar refractivity (Wildman–Crippen MR) is 88.3 cm³/mol. The summed E-state index contributed by atoms with van der Waals surface area (Å²) >= 11 is 0. The molecule has 0 bridgehead atoms. The second kappa shape index (κ2) is 7.14. The van der Waals surface area contributed by atoms with Crippen LogP contribution in [0, 0.1) is 5.92 Å². The molecule has 4 nitrogen and oxygen atoms in total. The lowest BCUT2D eigenvalue weighted by atomic mass is 10.1. The van der Waals surface area contributed by atoms with Crippen LogP contribution in [-0.4, -0.2) is 52.5 Å². The molecule has 1 atom stereocenters. The summed E-state index contributed by atoms with van der Waals surface area (Å²) in [7, 11) is 0. The lowest BCUT2D eigenvalue weighted by Crippen LogP contribution is -2.39. The Morgan fingerprint density at radius 2 is 1.67 bits per heavy atom. The molecule has 21 heavy (non-hydrogen) atoms. The zero-order chi connectivity index (χ0) is 14.5. The highest BCUT2D eigenvalue weighted by Gasteiger charge is 2.15. The summed E-state index contributed by atoms with van der Waals surface area (Å²) in [5.41, 5.74) is 2.68. The van der Waals surface area contributed by atoms with Gasteiger partial charge in [-0.3, -0.25) is 0 Å². The van der Waals surface area contributed by atoms with Crippen LogP contribution in [-0.2, 0) is 4.74 Å². The Balaban J connectivity index is 1.67. The van der Waals surface area contributed by atoms with Gasteiger partial charge in [-0.15, -0.1) is 0 Å². The second-order valence-corrected chi connectivity index (χ2v) is 6.22. The van der Waals surface area contributed by atoms with Crippen molar-refractivity contribution in [1.29, 1.82) is 0 Å². The zero-order valence-corrected chi connectivity index (χ0v) is 13.1. The molecule has 2 saturated heterocycles. The standard InChI is InChI=1S/C17H27N3O/c1-15-13-18-7-2-8-20(14-15)17-5-3-16(4-6-17)19-9-11-21-12-10-19/h3-6,15,18H,2,7-14H2,1H3. The number of rotatable bonds is 2. The average Bonchev–Trinajstić information content (AvgIpc) is 2.52. The molecule has 0 amide bonds. The molecule has 2 aliphatic rings. The van der Waals surface area contributed by atoms with E-state index in [9.17, 15) is 0 Å². The first-order valence-corrected chi connectivity index (χ1v) is 8.21. The first-order chi connectivity index (χ1) is 10.3. The van der Waals surface area contributed by atoms with Gasteiger partial charge in [-0.25, -0.2) is 0 Å². The number of morpholine rings is 1. The van der Waals surface area contributed by atoms with Crippen molar-refractivity contribution in [2.24, 2.45) is 5.92 Å². The highest BCUT2D eigenvalue weighted by atomic mass is 16.5. The van der Waals surface area contributed by atoms with E-state index in [0.717, 1.165) is 52.5 Å². The SMILES string of the molecule is CC1CNCCCN(c2ccc(N3CCOCC3)cc2)C1. The van der Waals surface area contributed by atoms with Crippen molar-refractivity contribution < 1.29 is 4.74 Å². The first kappa shape index (κ1) is 14.7. The minimum atomic E-state index is 0.698. The van der Waals surface area contributed by atoms with E-state index in [2.05, 4.69) is 46.3 Å². The molecule has 0 spiro atoms. The van der Waals surface area contributed by atoms with Gasteiger partial charge in [0.15, 0.2) is 0 Å². The van der Waals surface area contributed by atoms with Gasteiger partial charge in [0.2, 0.25) is 0 Å². The summed E-state index contributed by atoms with van der Waals surface area (Å²) in [6.07, 6.45) is 1.22. The van der Waals surface area contributed by atoms with Gasteiger partial charge in [-0.05, 0) is 49.7 Å². The molecule has 2 fully saturated rings. The Kier molecular flexibility index (Phi) is 4.99. The number of nitrogens with one attached hydrogen (secondary N) is 1. The van der Waals surface area contributed by atoms with E-state index in [0.29, 0.717) is 5.92 Å². The van der Waals surface area contributed by atoms with E-state index in [1.54, 1.807) is 0 Å². The Morgan fingerprint density at radius 3 is 2.38 bits per heavy atom. The minimum absolute atomic E-state index is 0.698. The van der Waals surface area contributed by atoms with Gasteiger partial charge >= 0.3 is 0 Å². The van der Waals surface area contributed by atoms with Crippen molar-refractivity contribution in [3.05, 3.63) is 24.3 Å². The van der Waals surface area contributed by atoms with Crippen molar-refractivity contribution in [2.75, 3.05) is 62.3 Å². The van der Waals surface area contributed by atoms with Crippen LogP contribution in [0.25, 0.3) is 0 Å². The van der Waals surface area contributed by atoms with Gasteiger partial charge in [-0.1, -0.05) is 6.92 Å². The summed E-state index contributed by atoms with van der Waals surface area (Å²) in [6.45, 7) is 10.6. The monoisotopic (exact) mass is 289 g/mol. The Hall–Kier alpha value is -1.26. The molecule has 2 heterocycles. The van der Waals surface area contributed by atoms with Crippen LogP contribution in [0.3, 0.4) is 0 Å². The Bertz CT molecular complexity index is 428.